The van der Waals surface area contributed by atoms with Crippen LogP contribution in [-0.2, 0) is 0 Å². The predicted molar refractivity (Wildman–Crippen MR) is 62.0 cm³/mol. The molecule has 1 heterocycles. The van der Waals surface area contributed by atoms with Gasteiger partial charge in [0.1, 0.15) is 0 Å². The van der Waals surface area contributed by atoms with Crippen LogP contribution in [0.15, 0.2) is 29.8 Å². The van der Waals surface area contributed by atoms with Crippen molar-refractivity contribution in [1.82, 2.24) is 0 Å². The fourth-order valence-electron chi connectivity index (χ4n) is 1.80. The van der Waals surface area contributed by atoms with Gasteiger partial charge in [0, 0.05) is 0 Å². The summed E-state index contributed by atoms with van der Waals surface area (Å²) in [4.78, 5) is 0. The molecule has 1 heteroatoms. The van der Waals surface area contributed by atoms with Crippen LogP contribution in [0, 0.1) is 0 Å². The molecule has 0 amide bonds. The van der Waals surface area contributed by atoms with Crippen molar-refractivity contribution >= 4 is 28.7 Å². The molecule has 0 fully saturated rings. The van der Waals surface area contributed by atoms with Crippen LogP contribution in [-0.4, -0.2) is 18.3 Å². The van der Waals surface area contributed by atoms with Crippen molar-refractivity contribution in [3.8, 4) is 0 Å². The number of hydrogen-bond acceptors (Lipinski definition) is 0. The Bertz CT molecular complexity index is 411. The van der Waals surface area contributed by atoms with Crippen molar-refractivity contribution in [2.24, 2.45) is 0 Å². The molecular weight excluding hydrogens is 217 g/mol. The van der Waals surface area contributed by atoms with E-state index in [0.29, 0.717) is 0 Å². The van der Waals surface area contributed by atoms with E-state index in [0.717, 1.165) is 0 Å². The molecule has 0 N–H and O–H groups in total. The number of allylic oxidation sites excluding steroid dienone is 1. The average Bonchev–Trinajstić information content (AvgIpc) is 2.15. The molecule has 66 valence electrons. The van der Waals surface area contributed by atoms with Gasteiger partial charge in [0.2, 0.25) is 0 Å². The summed E-state index contributed by atoms with van der Waals surface area (Å²) in [6, 6.07) is 8.84. The van der Waals surface area contributed by atoms with Gasteiger partial charge in [0.05, 0.1) is 0 Å². The zero-order chi connectivity index (χ0) is 9.42. The zero-order valence-corrected chi connectivity index (χ0v) is 10.5. The van der Waals surface area contributed by atoms with Crippen LogP contribution in [0.1, 0.15) is 19.4 Å². The first-order valence-electron chi connectivity index (χ1n) is 4.65. The molecule has 0 atom stereocenters. The van der Waals surface area contributed by atoms with Gasteiger partial charge in [-0.1, -0.05) is 0 Å². The van der Waals surface area contributed by atoms with Gasteiger partial charge in [-0.2, -0.15) is 0 Å². The SMILES string of the molecule is CC1=Cc2cccc[c]2[Ge]([CH3])=[C]1C. The summed E-state index contributed by atoms with van der Waals surface area (Å²) in [6.45, 7) is 4.54. The Labute approximate surface area is 83.9 Å². The Morgan fingerprint density at radius 1 is 1.08 bits per heavy atom. The molecule has 0 saturated carbocycles. The van der Waals surface area contributed by atoms with Gasteiger partial charge in [0.25, 0.3) is 0 Å². The van der Waals surface area contributed by atoms with E-state index in [9.17, 15) is 0 Å². The van der Waals surface area contributed by atoms with E-state index >= 15 is 0 Å². The van der Waals surface area contributed by atoms with E-state index < -0.39 is 13.9 Å². The minimum atomic E-state index is -1.07. The monoisotopic (exact) mass is 232 g/mol. The van der Waals surface area contributed by atoms with Gasteiger partial charge in [-0.25, -0.2) is 0 Å². The van der Waals surface area contributed by atoms with Crippen LogP contribution in [0.4, 0.5) is 0 Å². The maximum atomic E-state index is 2.45. The third-order valence-corrected chi connectivity index (χ3v) is 8.73. The summed E-state index contributed by atoms with van der Waals surface area (Å²) in [5.74, 6) is 2.45. The van der Waals surface area contributed by atoms with Crippen LogP contribution in [0.5, 0.6) is 0 Å². The van der Waals surface area contributed by atoms with Gasteiger partial charge < -0.3 is 0 Å². The molecule has 0 aliphatic carbocycles. The van der Waals surface area contributed by atoms with Crippen LogP contribution in [0.3, 0.4) is 0 Å². The topological polar surface area (TPSA) is 0 Å². The van der Waals surface area contributed by atoms with Gasteiger partial charge in [-0.15, -0.1) is 0 Å². The molecule has 0 aromatic heterocycles. The van der Waals surface area contributed by atoms with E-state index in [2.05, 4.69) is 49.9 Å². The Hall–Kier alpha value is -0.627. The molecule has 0 spiro atoms. The maximum absolute atomic E-state index is 2.45. The van der Waals surface area contributed by atoms with Crippen molar-refractivity contribution < 1.29 is 0 Å². The molecule has 2 rings (SSSR count). The van der Waals surface area contributed by atoms with Crippen LogP contribution < -0.4 is 4.40 Å². The number of hydrogen-bond donors (Lipinski definition) is 0. The second-order valence-corrected chi connectivity index (χ2v) is 8.99. The predicted octanol–water partition coefficient (Wildman–Crippen LogP) is 2.21. The second kappa shape index (κ2) is 3.26. The Morgan fingerprint density at radius 3 is 2.54 bits per heavy atom. The summed E-state index contributed by atoms with van der Waals surface area (Å²) in [7, 11) is 0. The molecule has 0 bridgehead atoms. The number of fused-ring (bicyclic) bond motifs is 1. The molecule has 0 unspecified atom stereocenters. The molecule has 0 saturated heterocycles. The zero-order valence-electron chi connectivity index (χ0n) is 8.39. The Balaban J connectivity index is 2.72. The summed E-state index contributed by atoms with van der Waals surface area (Å²) >= 11 is -1.07. The first-order valence-corrected chi connectivity index (χ1v) is 8.85. The van der Waals surface area contributed by atoms with Gasteiger partial charge in [0.15, 0.2) is 0 Å². The van der Waals surface area contributed by atoms with Crippen molar-refractivity contribution in [2.75, 3.05) is 0 Å². The van der Waals surface area contributed by atoms with Gasteiger partial charge >= 0.3 is 83.7 Å². The number of benzene rings is 1. The van der Waals surface area contributed by atoms with Crippen molar-refractivity contribution in [1.29, 1.82) is 0 Å². The molecule has 1 aliphatic rings. The summed E-state index contributed by atoms with van der Waals surface area (Å²) < 4.78 is 3.30. The normalized spacial score (nSPS) is 15.5. The fourth-order valence-corrected chi connectivity index (χ4v) is 6.00. The van der Waals surface area contributed by atoms with Crippen LogP contribution in [0.2, 0.25) is 5.76 Å². The van der Waals surface area contributed by atoms with Crippen molar-refractivity contribution in [3.63, 3.8) is 0 Å². The van der Waals surface area contributed by atoms with Crippen LogP contribution >= 0.6 is 0 Å². The fraction of sp³-hybridized carbons (Fsp3) is 0.250. The summed E-state index contributed by atoms with van der Waals surface area (Å²) in [5, 5.41) is 0. The molecule has 13 heavy (non-hydrogen) atoms. The Kier molecular flexibility index (Phi) is 2.24. The van der Waals surface area contributed by atoms with Gasteiger partial charge in [-0.3, -0.25) is 0 Å². The first kappa shape index (κ1) is 8.95. The third-order valence-electron chi connectivity index (χ3n) is 2.89. The third kappa shape index (κ3) is 1.44. The second-order valence-electron chi connectivity index (χ2n) is 3.66. The van der Waals surface area contributed by atoms with Gasteiger partial charge in [-0.05, 0) is 0 Å². The van der Waals surface area contributed by atoms with E-state index in [-0.39, 0.29) is 0 Å². The van der Waals surface area contributed by atoms with Crippen molar-refractivity contribution in [3.05, 3.63) is 35.4 Å². The summed E-state index contributed by atoms with van der Waals surface area (Å²) in [6.07, 6.45) is 2.32. The van der Waals surface area contributed by atoms with E-state index in [1.165, 1.54) is 11.1 Å². The van der Waals surface area contributed by atoms with Crippen molar-refractivity contribution in [2.45, 2.75) is 19.6 Å². The first-order chi connectivity index (χ1) is 6.20. The summed E-state index contributed by atoms with van der Waals surface area (Å²) in [5.41, 5.74) is 2.96. The van der Waals surface area contributed by atoms with E-state index in [1.807, 2.05) is 0 Å². The standard InChI is InChI=1S/C12H14Ge/c1-9-8-11-6-4-5-7-12(11)13(3)10(9)2/h4-8H,1-3H3. The minimum absolute atomic E-state index is 1.07. The van der Waals surface area contributed by atoms with E-state index in [4.69, 9.17) is 0 Å². The molecule has 1 aromatic rings. The average molecular weight is 231 g/mol. The van der Waals surface area contributed by atoms with Crippen LogP contribution in [0.25, 0.3) is 6.08 Å². The molecular formula is C12H14Ge. The molecule has 1 aromatic carbocycles. The molecule has 0 nitrogen and oxygen atoms in total. The van der Waals surface area contributed by atoms with E-state index in [1.54, 1.807) is 8.75 Å². The quantitative estimate of drug-likeness (QED) is 0.600. The Morgan fingerprint density at radius 2 is 1.77 bits per heavy atom. The molecule has 1 aliphatic heterocycles. The molecule has 0 radical (unpaired) electrons. The number of rotatable bonds is 0.